The smallest absolute Gasteiger partial charge is 0.409 e. The lowest BCUT2D eigenvalue weighted by molar-refractivity contribution is 0.108. The first-order chi connectivity index (χ1) is 9.46. The highest BCUT2D eigenvalue weighted by Gasteiger charge is 2.31. The van der Waals surface area contributed by atoms with E-state index in [0.717, 1.165) is 5.56 Å². The molecule has 0 unspecified atom stereocenters. The van der Waals surface area contributed by atoms with Crippen molar-refractivity contribution >= 4 is 16.1 Å². The Balaban J connectivity index is 2.14. The van der Waals surface area contributed by atoms with Crippen molar-refractivity contribution in [2.24, 2.45) is 0 Å². The summed E-state index contributed by atoms with van der Waals surface area (Å²) in [6.45, 7) is 3.03. The van der Waals surface area contributed by atoms with Gasteiger partial charge < -0.3 is 9.64 Å². The van der Waals surface area contributed by atoms with Crippen LogP contribution in [0.2, 0.25) is 0 Å². The van der Waals surface area contributed by atoms with Gasteiger partial charge in [-0.05, 0) is 18.6 Å². The van der Waals surface area contributed by atoms with Gasteiger partial charge in [-0.2, -0.15) is 4.31 Å². The molecule has 1 heterocycles. The number of carbonyl (C=O) groups excluding carboxylic acids is 1. The predicted molar refractivity (Wildman–Crippen MR) is 73.9 cm³/mol. The molecule has 1 amide bonds. The van der Waals surface area contributed by atoms with Crippen molar-refractivity contribution in [2.75, 3.05) is 33.3 Å². The molecule has 1 aliphatic rings. The molecule has 1 aromatic rings. The van der Waals surface area contributed by atoms with Crippen LogP contribution in [-0.2, 0) is 14.8 Å². The van der Waals surface area contributed by atoms with Crippen LogP contribution in [0.5, 0.6) is 0 Å². The maximum Gasteiger partial charge on any atom is 0.409 e. The summed E-state index contributed by atoms with van der Waals surface area (Å²) >= 11 is 0. The van der Waals surface area contributed by atoms with Crippen LogP contribution in [0.3, 0.4) is 0 Å². The van der Waals surface area contributed by atoms with E-state index in [0.29, 0.717) is 18.0 Å². The largest absolute Gasteiger partial charge is 0.453 e. The van der Waals surface area contributed by atoms with Gasteiger partial charge in [0.05, 0.1) is 12.0 Å². The summed E-state index contributed by atoms with van der Waals surface area (Å²) in [5.41, 5.74) is 0.725. The summed E-state index contributed by atoms with van der Waals surface area (Å²) in [5.74, 6) is 0. The molecular formula is C13H18N2O4S. The second kappa shape index (κ2) is 5.80. The third-order valence-corrected chi connectivity index (χ3v) is 5.44. The zero-order chi connectivity index (χ0) is 14.8. The molecule has 0 atom stereocenters. The number of carbonyl (C=O) groups is 1. The van der Waals surface area contributed by atoms with Crippen LogP contribution < -0.4 is 0 Å². The summed E-state index contributed by atoms with van der Waals surface area (Å²) in [6, 6.07) is 6.91. The second-order valence-electron chi connectivity index (χ2n) is 4.63. The highest BCUT2D eigenvalue weighted by molar-refractivity contribution is 7.89. The van der Waals surface area contributed by atoms with Gasteiger partial charge in [0.25, 0.3) is 0 Å². The number of benzene rings is 1. The lowest BCUT2D eigenvalue weighted by Gasteiger charge is -2.33. The number of rotatable bonds is 2. The van der Waals surface area contributed by atoms with Crippen LogP contribution in [0.4, 0.5) is 4.79 Å². The summed E-state index contributed by atoms with van der Waals surface area (Å²) in [4.78, 5) is 13.2. The SMILES string of the molecule is COC(=O)N1CCN(S(=O)(=O)c2ccccc2C)CC1. The fourth-order valence-corrected chi connectivity index (χ4v) is 3.87. The summed E-state index contributed by atoms with van der Waals surface area (Å²) in [6.07, 6.45) is -0.419. The zero-order valence-electron chi connectivity index (χ0n) is 11.6. The number of hydrogen-bond acceptors (Lipinski definition) is 4. The number of nitrogens with zero attached hydrogens (tertiary/aromatic N) is 2. The first-order valence-electron chi connectivity index (χ1n) is 6.35. The Bertz CT molecular complexity index is 592. The Morgan fingerprint density at radius 1 is 1.15 bits per heavy atom. The first-order valence-corrected chi connectivity index (χ1v) is 7.79. The van der Waals surface area contributed by atoms with Crippen LogP contribution in [0.15, 0.2) is 29.2 Å². The maximum atomic E-state index is 12.5. The molecular weight excluding hydrogens is 280 g/mol. The molecule has 0 radical (unpaired) electrons. The minimum atomic E-state index is -3.49. The number of piperazine rings is 1. The first kappa shape index (κ1) is 14.8. The van der Waals surface area contributed by atoms with Gasteiger partial charge in [-0.1, -0.05) is 18.2 Å². The van der Waals surface area contributed by atoms with E-state index in [1.54, 1.807) is 25.1 Å². The van der Waals surface area contributed by atoms with Crippen molar-refractivity contribution in [2.45, 2.75) is 11.8 Å². The molecule has 20 heavy (non-hydrogen) atoms. The van der Waals surface area contributed by atoms with Gasteiger partial charge in [-0.25, -0.2) is 13.2 Å². The number of methoxy groups -OCH3 is 1. The number of aryl methyl sites for hydroxylation is 1. The molecule has 0 aromatic heterocycles. The lowest BCUT2D eigenvalue weighted by atomic mass is 10.2. The average Bonchev–Trinajstić information content (AvgIpc) is 2.47. The Labute approximate surface area is 119 Å². The van der Waals surface area contributed by atoms with Gasteiger partial charge in [-0.15, -0.1) is 0 Å². The molecule has 1 aliphatic heterocycles. The van der Waals surface area contributed by atoms with E-state index in [-0.39, 0.29) is 13.1 Å². The molecule has 0 saturated carbocycles. The van der Waals surface area contributed by atoms with E-state index in [1.807, 2.05) is 6.07 Å². The molecule has 0 spiro atoms. The van der Waals surface area contributed by atoms with E-state index in [2.05, 4.69) is 4.74 Å². The van der Waals surface area contributed by atoms with Crippen LogP contribution >= 0.6 is 0 Å². The Kier molecular flexibility index (Phi) is 4.29. The highest BCUT2D eigenvalue weighted by Crippen LogP contribution is 2.20. The van der Waals surface area contributed by atoms with E-state index in [4.69, 9.17) is 0 Å². The monoisotopic (exact) mass is 298 g/mol. The summed E-state index contributed by atoms with van der Waals surface area (Å²) in [5, 5.41) is 0. The number of hydrogen-bond donors (Lipinski definition) is 0. The number of amides is 1. The Hall–Kier alpha value is -1.60. The van der Waals surface area contributed by atoms with Crippen LogP contribution in [-0.4, -0.2) is 57.0 Å². The number of ether oxygens (including phenoxy) is 1. The maximum absolute atomic E-state index is 12.5. The standard InChI is InChI=1S/C13H18N2O4S/c1-11-5-3-4-6-12(11)20(17,18)15-9-7-14(8-10-15)13(16)19-2/h3-6H,7-10H2,1-2H3. The van der Waals surface area contributed by atoms with Crippen LogP contribution in [0.25, 0.3) is 0 Å². The van der Waals surface area contributed by atoms with Gasteiger partial charge in [-0.3, -0.25) is 0 Å². The molecule has 0 bridgehead atoms. The fourth-order valence-electron chi connectivity index (χ4n) is 2.23. The van der Waals surface area contributed by atoms with Crippen molar-refractivity contribution in [3.63, 3.8) is 0 Å². The molecule has 0 N–H and O–H groups in total. The Morgan fingerprint density at radius 2 is 1.75 bits per heavy atom. The van der Waals surface area contributed by atoms with E-state index in [1.165, 1.54) is 16.3 Å². The fraction of sp³-hybridized carbons (Fsp3) is 0.462. The van der Waals surface area contributed by atoms with Crippen molar-refractivity contribution in [3.8, 4) is 0 Å². The van der Waals surface area contributed by atoms with Crippen molar-refractivity contribution in [1.82, 2.24) is 9.21 Å². The second-order valence-corrected chi connectivity index (χ2v) is 6.53. The molecule has 0 aliphatic carbocycles. The van der Waals surface area contributed by atoms with Gasteiger partial charge >= 0.3 is 6.09 Å². The minimum Gasteiger partial charge on any atom is -0.453 e. The van der Waals surface area contributed by atoms with E-state index in [9.17, 15) is 13.2 Å². The average molecular weight is 298 g/mol. The third-order valence-electron chi connectivity index (χ3n) is 3.38. The molecule has 1 saturated heterocycles. The normalized spacial score (nSPS) is 17.0. The van der Waals surface area contributed by atoms with Gasteiger partial charge in [0.15, 0.2) is 0 Å². The summed E-state index contributed by atoms with van der Waals surface area (Å²) in [7, 11) is -2.18. The molecule has 7 heteroatoms. The lowest BCUT2D eigenvalue weighted by Crippen LogP contribution is -2.50. The van der Waals surface area contributed by atoms with Crippen molar-refractivity contribution in [3.05, 3.63) is 29.8 Å². The Morgan fingerprint density at radius 3 is 2.30 bits per heavy atom. The molecule has 6 nitrogen and oxygen atoms in total. The molecule has 1 aromatic carbocycles. The highest BCUT2D eigenvalue weighted by atomic mass is 32.2. The predicted octanol–water partition coefficient (Wildman–Crippen LogP) is 1.07. The quantitative estimate of drug-likeness (QED) is 0.819. The zero-order valence-corrected chi connectivity index (χ0v) is 12.4. The van der Waals surface area contributed by atoms with Crippen molar-refractivity contribution < 1.29 is 17.9 Å². The van der Waals surface area contributed by atoms with Crippen LogP contribution in [0.1, 0.15) is 5.56 Å². The topological polar surface area (TPSA) is 66.9 Å². The molecule has 1 fully saturated rings. The third kappa shape index (κ3) is 2.78. The number of sulfonamides is 1. The molecule has 110 valence electrons. The van der Waals surface area contributed by atoms with E-state index >= 15 is 0 Å². The van der Waals surface area contributed by atoms with Crippen LogP contribution in [0, 0.1) is 6.92 Å². The van der Waals surface area contributed by atoms with Crippen molar-refractivity contribution in [1.29, 1.82) is 0 Å². The van der Waals surface area contributed by atoms with Gasteiger partial charge in [0.2, 0.25) is 10.0 Å². The minimum absolute atomic E-state index is 0.283. The van der Waals surface area contributed by atoms with Gasteiger partial charge in [0, 0.05) is 26.2 Å². The molecule has 2 rings (SSSR count). The van der Waals surface area contributed by atoms with Gasteiger partial charge in [0.1, 0.15) is 0 Å². The summed E-state index contributed by atoms with van der Waals surface area (Å²) < 4.78 is 31.1. The van der Waals surface area contributed by atoms with E-state index < -0.39 is 16.1 Å².